The maximum atomic E-state index is 12.0. The molecule has 5 heteroatoms. The molecule has 1 aromatic rings. The summed E-state index contributed by atoms with van der Waals surface area (Å²) < 4.78 is 0.979. The van der Waals surface area contributed by atoms with Crippen molar-refractivity contribution in [2.75, 3.05) is 19.6 Å². The van der Waals surface area contributed by atoms with Crippen molar-refractivity contribution in [2.24, 2.45) is 5.92 Å². The number of benzene rings is 1. The molecule has 1 atom stereocenters. The lowest BCUT2D eigenvalue weighted by Gasteiger charge is -2.12. The van der Waals surface area contributed by atoms with Crippen molar-refractivity contribution in [3.8, 4) is 0 Å². The fraction of sp³-hybridized carbons (Fsp3) is 0.462. The van der Waals surface area contributed by atoms with Gasteiger partial charge in [0.25, 0.3) is 5.91 Å². The summed E-state index contributed by atoms with van der Waals surface area (Å²) in [6.45, 7) is 4.79. The zero-order chi connectivity index (χ0) is 12.3. The van der Waals surface area contributed by atoms with Crippen molar-refractivity contribution < 1.29 is 4.79 Å². The minimum Gasteiger partial charge on any atom is -0.352 e. The highest BCUT2D eigenvalue weighted by Crippen LogP contribution is 2.19. The van der Waals surface area contributed by atoms with E-state index >= 15 is 0 Å². The Bertz CT molecular complexity index is 419. The second-order valence-corrected chi connectivity index (χ2v) is 5.34. The van der Waals surface area contributed by atoms with Crippen LogP contribution in [0, 0.1) is 12.8 Å². The third kappa shape index (κ3) is 3.70. The monoisotopic (exact) mass is 332 g/mol. The summed E-state index contributed by atoms with van der Waals surface area (Å²) >= 11 is 3.44. The quantitative estimate of drug-likeness (QED) is 0.892. The Balaban J connectivity index is 0.00000162. The number of hydrogen-bond donors (Lipinski definition) is 2. The third-order valence-corrected chi connectivity index (χ3v) is 4.09. The normalized spacial score (nSPS) is 18.2. The molecule has 1 aliphatic heterocycles. The standard InChI is InChI=1S/C13H17BrN2O.ClH/c1-9-11(3-2-4-12(9)14)13(17)16-8-10-5-6-15-7-10;/h2-4,10,15H,5-8H2,1H3,(H,16,17);1H. The molecule has 1 heterocycles. The summed E-state index contributed by atoms with van der Waals surface area (Å²) in [6.07, 6.45) is 1.15. The van der Waals surface area contributed by atoms with Crippen molar-refractivity contribution in [1.82, 2.24) is 10.6 Å². The molecule has 18 heavy (non-hydrogen) atoms. The first-order chi connectivity index (χ1) is 8.18. The highest BCUT2D eigenvalue weighted by molar-refractivity contribution is 9.10. The van der Waals surface area contributed by atoms with E-state index in [1.54, 1.807) is 0 Å². The lowest BCUT2D eigenvalue weighted by atomic mass is 10.1. The largest absolute Gasteiger partial charge is 0.352 e. The van der Waals surface area contributed by atoms with Gasteiger partial charge in [-0.05, 0) is 50.0 Å². The van der Waals surface area contributed by atoms with Gasteiger partial charge in [-0.15, -0.1) is 12.4 Å². The third-order valence-electron chi connectivity index (χ3n) is 3.23. The lowest BCUT2D eigenvalue weighted by Crippen LogP contribution is -2.30. The van der Waals surface area contributed by atoms with Crippen LogP contribution in [0.5, 0.6) is 0 Å². The van der Waals surface area contributed by atoms with Crippen LogP contribution in [0.4, 0.5) is 0 Å². The molecule has 1 aromatic carbocycles. The highest BCUT2D eigenvalue weighted by Gasteiger charge is 2.16. The molecule has 1 fully saturated rings. The minimum atomic E-state index is 0. The molecule has 1 aliphatic rings. The van der Waals surface area contributed by atoms with Crippen molar-refractivity contribution >= 4 is 34.2 Å². The average Bonchev–Trinajstić information content (AvgIpc) is 2.82. The van der Waals surface area contributed by atoms with Crippen molar-refractivity contribution in [3.63, 3.8) is 0 Å². The zero-order valence-electron chi connectivity index (χ0n) is 10.3. The van der Waals surface area contributed by atoms with Crippen LogP contribution in [-0.2, 0) is 0 Å². The Hall–Kier alpha value is -0.580. The van der Waals surface area contributed by atoms with Gasteiger partial charge in [-0.2, -0.15) is 0 Å². The molecule has 100 valence electrons. The first-order valence-electron chi connectivity index (χ1n) is 5.92. The number of amides is 1. The van der Waals surface area contributed by atoms with E-state index in [2.05, 4.69) is 26.6 Å². The second kappa shape index (κ2) is 7.12. The van der Waals surface area contributed by atoms with E-state index in [9.17, 15) is 4.79 Å². The fourth-order valence-electron chi connectivity index (χ4n) is 2.07. The van der Waals surface area contributed by atoms with Gasteiger partial charge in [-0.3, -0.25) is 4.79 Å². The van der Waals surface area contributed by atoms with E-state index in [-0.39, 0.29) is 18.3 Å². The number of carbonyl (C=O) groups is 1. The number of rotatable bonds is 3. The van der Waals surface area contributed by atoms with Crippen LogP contribution in [0.15, 0.2) is 22.7 Å². The van der Waals surface area contributed by atoms with Gasteiger partial charge in [0.1, 0.15) is 0 Å². The van der Waals surface area contributed by atoms with Gasteiger partial charge in [0.15, 0.2) is 0 Å². The number of nitrogens with one attached hydrogen (secondary N) is 2. The summed E-state index contributed by atoms with van der Waals surface area (Å²) in [5, 5.41) is 6.31. The van der Waals surface area contributed by atoms with Crippen LogP contribution in [0.1, 0.15) is 22.3 Å². The van der Waals surface area contributed by atoms with Gasteiger partial charge in [-0.25, -0.2) is 0 Å². The van der Waals surface area contributed by atoms with E-state index in [0.29, 0.717) is 5.92 Å². The van der Waals surface area contributed by atoms with Crippen LogP contribution in [-0.4, -0.2) is 25.5 Å². The van der Waals surface area contributed by atoms with E-state index in [1.165, 1.54) is 0 Å². The molecule has 0 spiro atoms. The summed E-state index contributed by atoms with van der Waals surface area (Å²) in [6, 6.07) is 5.71. The van der Waals surface area contributed by atoms with Crippen molar-refractivity contribution in [1.29, 1.82) is 0 Å². The average molecular weight is 334 g/mol. The van der Waals surface area contributed by atoms with Gasteiger partial charge < -0.3 is 10.6 Å². The van der Waals surface area contributed by atoms with Gasteiger partial charge in [-0.1, -0.05) is 22.0 Å². The Morgan fingerprint density at radius 3 is 3.00 bits per heavy atom. The number of halogens is 2. The second-order valence-electron chi connectivity index (χ2n) is 4.48. The molecule has 0 aliphatic carbocycles. The van der Waals surface area contributed by atoms with Crippen LogP contribution in [0.25, 0.3) is 0 Å². The smallest absolute Gasteiger partial charge is 0.251 e. The molecule has 0 bridgehead atoms. The van der Waals surface area contributed by atoms with Gasteiger partial charge >= 0.3 is 0 Å². The first-order valence-corrected chi connectivity index (χ1v) is 6.72. The summed E-state index contributed by atoms with van der Waals surface area (Å²) in [5.74, 6) is 0.599. The van der Waals surface area contributed by atoms with Crippen LogP contribution < -0.4 is 10.6 Å². The Morgan fingerprint density at radius 1 is 1.56 bits per heavy atom. The highest BCUT2D eigenvalue weighted by atomic mass is 79.9. The SMILES string of the molecule is Cc1c(Br)cccc1C(=O)NCC1CCNC1.Cl. The van der Waals surface area contributed by atoms with E-state index in [1.807, 2.05) is 25.1 Å². The topological polar surface area (TPSA) is 41.1 Å². The summed E-state index contributed by atoms with van der Waals surface area (Å²) in [5.41, 5.74) is 1.75. The molecule has 1 saturated heterocycles. The number of hydrogen-bond acceptors (Lipinski definition) is 2. The maximum absolute atomic E-state index is 12.0. The van der Waals surface area contributed by atoms with Crippen molar-refractivity contribution in [2.45, 2.75) is 13.3 Å². The maximum Gasteiger partial charge on any atom is 0.251 e. The predicted octanol–water partition coefficient (Wildman–Crippen LogP) is 2.52. The zero-order valence-corrected chi connectivity index (χ0v) is 12.7. The Morgan fingerprint density at radius 2 is 2.33 bits per heavy atom. The molecule has 3 nitrogen and oxygen atoms in total. The molecular formula is C13H18BrClN2O. The van der Waals surface area contributed by atoms with E-state index in [4.69, 9.17) is 0 Å². The van der Waals surface area contributed by atoms with Crippen LogP contribution in [0.3, 0.4) is 0 Å². The van der Waals surface area contributed by atoms with Gasteiger partial charge in [0.2, 0.25) is 0 Å². The predicted molar refractivity (Wildman–Crippen MR) is 79.4 cm³/mol. The summed E-state index contributed by atoms with van der Waals surface area (Å²) in [4.78, 5) is 12.0. The van der Waals surface area contributed by atoms with Crippen molar-refractivity contribution in [3.05, 3.63) is 33.8 Å². The van der Waals surface area contributed by atoms with Gasteiger partial charge in [0.05, 0.1) is 0 Å². The van der Waals surface area contributed by atoms with E-state index < -0.39 is 0 Å². The number of carbonyl (C=O) groups excluding carboxylic acids is 1. The van der Waals surface area contributed by atoms with Crippen LogP contribution in [0.2, 0.25) is 0 Å². The molecule has 2 rings (SSSR count). The van der Waals surface area contributed by atoms with E-state index in [0.717, 1.165) is 41.7 Å². The minimum absolute atomic E-state index is 0. The van der Waals surface area contributed by atoms with Crippen LogP contribution >= 0.6 is 28.3 Å². The fourth-order valence-corrected chi connectivity index (χ4v) is 2.44. The molecule has 0 saturated carbocycles. The summed E-state index contributed by atoms with van der Waals surface area (Å²) in [7, 11) is 0. The molecular weight excluding hydrogens is 316 g/mol. The molecule has 0 radical (unpaired) electrons. The Labute approximate surface area is 122 Å². The Kier molecular flexibility index (Phi) is 6.12. The molecule has 2 N–H and O–H groups in total. The lowest BCUT2D eigenvalue weighted by molar-refractivity contribution is 0.0947. The first kappa shape index (κ1) is 15.5. The molecule has 1 amide bonds. The van der Waals surface area contributed by atoms with Gasteiger partial charge in [0, 0.05) is 16.6 Å². The molecule has 1 unspecified atom stereocenters. The molecule has 0 aromatic heterocycles.